The van der Waals surface area contributed by atoms with Crippen LogP contribution in [0.4, 0.5) is 0 Å². The van der Waals surface area contributed by atoms with Gasteiger partial charge in [0.2, 0.25) is 5.91 Å². The number of hydrogen-bond acceptors (Lipinski definition) is 3. The maximum absolute atomic E-state index is 11.5. The van der Waals surface area contributed by atoms with Crippen LogP contribution in [-0.2, 0) is 11.2 Å². The lowest BCUT2D eigenvalue weighted by atomic mass is 10.1. The molecule has 0 fully saturated rings. The molecule has 1 rings (SSSR count). The predicted octanol–water partition coefficient (Wildman–Crippen LogP) is 1.19. The minimum absolute atomic E-state index is 0.0949. The van der Waals surface area contributed by atoms with E-state index in [1.165, 1.54) is 11.1 Å². The fourth-order valence-corrected chi connectivity index (χ4v) is 2.15. The molecular formula is C17H28N4O2. The quantitative estimate of drug-likeness (QED) is 0.585. The molecule has 0 heterocycles. The minimum atomic E-state index is 0.0949. The van der Waals surface area contributed by atoms with E-state index in [2.05, 4.69) is 28.6 Å². The van der Waals surface area contributed by atoms with Gasteiger partial charge in [-0.25, -0.2) is 0 Å². The average molecular weight is 320 g/mol. The van der Waals surface area contributed by atoms with Crippen LogP contribution >= 0.6 is 0 Å². The Balaban J connectivity index is 2.41. The predicted molar refractivity (Wildman–Crippen MR) is 94.1 cm³/mol. The molecule has 0 unspecified atom stereocenters. The number of guanidine groups is 1. The van der Waals surface area contributed by atoms with E-state index in [1.54, 1.807) is 33.2 Å². The molecule has 23 heavy (non-hydrogen) atoms. The van der Waals surface area contributed by atoms with Crippen molar-refractivity contribution in [2.24, 2.45) is 4.99 Å². The second-order valence-electron chi connectivity index (χ2n) is 5.53. The molecule has 0 aromatic heterocycles. The second kappa shape index (κ2) is 9.71. The highest BCUT2D eigenvalue weighted by atomic mass is 16.5. The maximum atomic E-state index is 11.5. The van der Waals surface area contributed by atoms with Crippen LogP contribution in [0, 0.1) is 6.92 Å². The van der Waals surface area contributed by atoms with Crippen LogP contribution in [0.15, 0.2) is 23.2 Å². The molecule has 1 aromatic rings. The number of amides is 1. The van der Waals surface area contributed by atoms with Crippen LogP contribution in [0.25, 0.3) is 0 Å². The van der Waals surface area contributed by atoms with Crippen molar-refractivity contribution in [3.63, 3.8) is 0 Å². The van der Waals surface area contributed by atoms with Crippen LogP contribution in [0.2, 0.25) is 0 Å². The molecule has 6 heteroatoms. The number of ether oxygens (including phenoxy) is 1. The summed E-state index contributed by atoms with van der Waals surface area (Å²) in [6.45, 7) is 3.37. The molecule has 6 nitrogen and oxygen atoms in total. The highest BCUT2D eigenvalue weighted by molar-refractivity contribution is 5.81. The van der Waals surface area contributed by atoms with Gasteiger partial charge < -0.3 is 20.3 Å². The fourth-order valence-electron chi connectivity index (χ4n) is 2.15. The third kappa shape index (κ3) is 6.59. The van der Waals surface area contributed by atoms with Crippen LogP contribution in [0.3, 0.4) is 0 Å². The van der Waals surface area contributed by atoms with Crippen LogP contribution in [0.1, 0.15) is 17.5 Å². The van der Waals surface area contributed by atoms with Crippen molar-refractivity contribution in [2.45, 2.75) is 19.8 Å². The van der Waals surface area contributed by atoms with E-state index < -0.39 is 0 Å². The lowest BCUT2D eigenvalue weighted by Crippen LogP contribution is -2.40. The number of aryl methyl sites for hydroxylation is 1. The summed E-state index contributed by atoms with van der Waals surface area (Å²) >= 11 is 0. The van der Waals surface area contributed by atoms with Crippen molar-refractivity contribution < 1.29 is 9.53 Å². The Morgan fingerprint density at radius 1 is 1.26 bits per heavy atom. The van der Waals surface area contributed by atoms with Gasteiger partial charge in [0.25, 0.3) is 0 Å². The first-order valence-corrected chi connectivity index (χ1v) is 7.76. The van der Waals surface area contributed by atoms with E-state index in [4.69, 9.17) is 4.74 Å². The summed E-state index contributed by atoms with van der Waals surface area (Å²) in [5, 5.41) is 6.39. The van der Waals surface area contributed by atoms with E-state index in [0.29, 0.717) is 18.9 Å². The van der Waals surface area contributed by atoms with E-state index in [1.807, 2.05) is 12.1 Å². The molecule has 0 atom stereocenters. The molecule has 2 N–H and O–H groups in total. The average Bonchev–Trinajstić information content (AvgIpc) is 2.53. The molecule has 0 radical (unpaired) electrons. The minimum Gasteiger partial charge on any atom is -0.496 e. The molecule has 0 saturated heterocycles. The maximum Gasteiger partial charge on any atom is 0.223 e. The van der Waals surface area contributed by atoms with Crippen LogP contribution in [0.5, 0.6) is 5.75 Å². The van der Waals surface area contributed by atoms with Crippen molar-refractivity contribution in [1.82, 2.24) is 15.5 Å². The highest BCUT2D eigenvalue weighted by Crippen LogP contribution is 2.19. The largest absolute Gasteiger partial charge is 0.496 e. The molecule has 0 aliphatic carbocycles. The van der Waals surface area contributed by atoms with Gasteiger partial charge in [-0.3, -0.25) is 9.79 Å². The van der Waals surface area contributed by atoms with E-state index in [0.717, 1.165) is 18.7 Å². The smallest absolute Gasteiger partial charge is 0.223 e. The summed E-state index contributed by atoms with van der Waals surface area (Å²) in [5.41, 5.74) is 2.38. The summed E-state index contributed by atoms with van der Waals surface area (Å²) in [7, 11) is 6.91. The summed E-state index contributed by atoms with van der Waals surface area (Å²) in [5.74, 6) is 1.69. The Morgan fingerprint density at radius 2 is 1.96 bits per heavy atom. The van der Waals surface area contributed by atoms with E-state index in [-0.39, 0.29) is 5.91 Å². The number of rotatable bonds is 7. The van der Waals surface area contributed by atoms with Gasteiger partial charge in [-0.2, -0.15) is 0 Å². The first-order valence-electron chi connectivity index (χ1n) is 7.76. The standard InChI is InChI=1S/C17H28N4O2/c1-13-6-7-15(23-5)14(12-13)8-10-19-17(18-2)20-11-9-16(22)21(3)4/h6-7,12H,8-11H2,1-5H3,(H2,18,19,20). The van der Waals surface area contributed by atoms with Crippen molar-refractivity contribution in [3.05, 3.63) is 29.3 Å². The number of benzene rings is 1. The molecule has 0 spiro atoms. The number of nitrogens with one attached hydrogen (secondary N) is 2. The number of carbonyl (C=O) groups excluding carboxylic acids is 1. The fraction of sp³-hybridized carbons (Fsp3) is 0.529. The molecule has 1 amide bonds. The number of carbonyl (C=O) groups is 1. The van der Waals surface area contributed by atoms with Crippen molar-refractivity contribution >= 4 is 11.9 Å². The summed E-state index contributed by atoms with van der Waals surface area (Å²) in [6.07, 6.45) is 1.28. The third-order valence-corrected chi connectivity index (χ3v) is 3.48. The van der Waals surface area contributed by atoms with Gasteiger partial charge in [0.1, 0.15) is 5.75 Å². The van der Waals surface area contributed by atoms with Gasteiger partial charge in [-0.15, -0.1) is 0 Å². The topological polar surface area (TPSA) is 66.0 Å². The summed E-state index contributed by atoms with van der Waals surface area (Å²) < 4.78 is 5.38. The summed E-state index contributed by atoms with van der Waals surface area (Å²) in [6, 6.07) is 6.16. The normalized spacial score (nSPS) is 11.1. The molecule has 1 aromatic carbocycles. The van der Waals surface area contributed by atoms with Gasteiger partial charge >= 0.3 is 0 Å². The monoisotopic (exact) mass is 320 g/mol. The number of methoxy groups -OCH3 is 1. The zero-order chi connectivity index (χ0) is 17.2. The second-order valence-corrected chi connectivity index (χ2v) is 5.53. The van der Waals surface area contributed by atoms with Gasteiger partial charge in [0.15, 0.2) is 5.96 Å². The highest BCUT2D eigenvalue weighted by Gasteiger charge is 2.06. The molecular weight excluding hydrogens is 292 g/mol. The lowest BCUT2D eigenvalue weighted by Gasteiger charge is -2.14. The Bertz CT molecular complexity index is 541. The first-order chi connectivity index (χ1) is 11.0. The van der Waals surface area contributed by atoms with Crippen LogP contribution < -0.4 is 15.4 Å². The van der Waals surface area contributed by atoms with E-state index in [9.17, 15) is 4.79 Å². The Hall–Kier alpha value is -2.24. The summed E-state index contributed by atoms with van der Waals surface area (Å²) in [4.78, 5) is 17.3. The van der Waals surface area contributed by atoms with Crippen molar-refractivity contribution in [1.29, 1.82) is 0 Å². The van der Waals surface area contributed by atoms with Gasteiger partial charge in [0, 0.05) is 40.7 Å². The lowest BCUT2D eigenvalue weighted by molar-refractivity contribution is -0.128. The first kappa shape index (κ1) is 18.8. The third-order valence-electron chi connectivity index (χ3n) is 3.48. The molecule has 0 saturated carbocycles. The molecule has 128 valence electrons. The van der Waals surface area contributed by atoms with Crippen molar-refractivity contribution in [3.8, 4) is 5.75 Å². The molecule has 0 bridgehead atoms. The van der Waals surface area contributed by atoms with Crippen LogP contribution in [-0.4, -0.2) is 58.1 Å². The SMILES string of the molecule is CN=C(NCCC(=O)N(C)C)NCCc1cc(C)ccc1OC. The van der Waals surface area contributed by atoms with Gasteiger partial charge in [-0.1, -0.05) is 17.7 Å². The Labute approximate surface area is 138 Å². The van der Waals surface area contributed by atoms with Crippen molar-refractivity contribution in [2.75, 3.05) is 41.3 Å². The Kier molecular flexibility index (Phi) is 7.94. The zero-order valence-corrected chi connectivity index (χ0v) is 14.8. The molecule has 0 aliphatic heterocycles. The van der Waals surface area contributed by atoms with E-state index >= 15 is 0 Å². The zero-order valence-electron chi connectivity index (χ0n) is 14.8. The Morgan fingerprint density at radius 3 is 2.57 bits per heavy atom. The van der Waals surface area contributed by atoms with Gasteiger partial charge in [-0.05, 0) is 25.0 Å². The molecule has 0 aliphatic rings. The number of aliphatic imine (C=N–C) groups is 1. The van der Waals surface area contributed by atoms with Gasteiger partial charge in [0.05, 0.1) is 7.11 Å². The number of nitrogens with zero attached hydrogens (tertiary/aromatic N) is 2. The number of hydrogen-bond donors (Lipinski definition) is 2.